The average Bonchev–Trinajstić information content (AvgIpc) is 2.90. The number of methoxy groups -OCH3 is 6. The van der Waals surface area contributed by atoms with Gasteiger partial charge in [-0.3, -0.25) is 0 Å². The van der Waals surface area contributed by atoms with Crippen LogP contribution in [0.25, 0.3) is 0 Å². The van der Waals surface area contributed by atoms with E-state index in [-0.39, 0.29) is 0 Å². The van der Waals surface area contributed by atoms with E-state index >= 15 is 0 Å². The van der Waals surface area contributed by atoms with Crippen LogP contribution >= 0.6 is 18.5 Å². The van der Waals surface area contributed by atoms with Crippen LogP contribution in [0.3, 0.4) is 0 Å². The molecular formula is C26H29IO6Sb. The van der Waals surface area contributed by atoms with Crippen LogP contribution in [0.15, 0.2) is 54.6 Å². The number of ether oxygens (including phenoxy) is 6. The first-order valence-electron chi connectivity index (χ1n) is 10.5. The van der Waals surface area contributed by atoms with Gasteiger partial charge >= 0.3 is 223 Å². The summed E-state index contributed by atoms with van der Waals surface area (Å²) in [4.78, 5) is 0. The van der Waals surface area contributed by atoms with Gasteiger partial charge in [-0.2, -0.15) is 0 Å². The van der Waals surface area contributed by atoms with Gasteiger partial charge in [-0.25, -0.2) is 0 Å². The van der Waals surface area contributed by atoms with E-state index in [1.165, 1.54) is 0 Å². The standard InChI is InChI=1S/C26H29O6.HI.Sb/c1-26(23-17(27-2)11-8-12-18(23)28-3,24-19(29-4)13-9-14-20(24)30-5)25-21(31-6)15-10-16-22(25)32-7;;/h8-16H,1H2,2-7H3;1H;/q;;+1/p-1. The van der Waals surface area contributed by atoms with E-state index in [4.69, 9.17) is 28.4 Å². The molecule has 8 heteroatoms. The molecule has 3 aromatic carbocycles. The van der Waals surface area contributed by atoms with Crippen LogP contribution in [-0.2, 0) is 5.41 Å². The summed E-state index contributed by atoms with van der Waals surface area (Å²) in [6, 6.07) is 17.5. The van der Waals surface area contributed by atoms with E-state index in [9.17, 15) is 0 Å². The number of hydrogen-bond donors (Lipinski definition) is 0. The molecule has 0 aliphatic rings. The summed E-state index contributed by atoms with van der Waals surface area (Å²) in [5.74, 6) is 4.17. The molecule has 0 bridgehead atoms. The normalized spacial score (nSPS) is 11.0. The Morgan fingerprint density at radius 1 is 0.529 bits per heavy atom. The molecule has 3 rings (SSSR count). The van der Waals surface area contributed by atoms with Crippen molar-refractivity contribution in [1.29, 1.82) is 0 Å². The number of hydrogen-bond acceptors (Lipinski definition) is 6. The topological polar surface area (TPSA) is 55.4 Å². The molecular weight excluding hydrogens is 657 g/mol. The fourth-order valence-corrected chi connectivity index (χ4v) is 9.82. The predicted molar refractivity (Wildman–Crippen MR) is 143 cm³/mol. The second-order valence-corrected chi connectivity index (χ2v) is 13.5. The van der Waals surface area contributed by atoms with Crippen molar-refractivity contribution in [3.63, 3.8) is 0 Å². The van der Waals surface area contributed by atoms with E-state index in [1.807, 2.05) is 54.6 Å². The molecule has 0 heterocycles. The Labute approximate surface area is 221 Å². The van der Waals surface area contributed by atoms with Crippen molar-refractivity contribution in [2.75, 3.05) is 42.7 Å². The van der Waals surface area contributed by atoms with Gasteiger partial charge in [0.25, 0.3) is 0 Å². The van der Waals surface area contributed by atoms with Crippen molar-refractivity contribution < 1.29 is 28.4 Å². The SMILES string of the molecule is COc1cccc(OC)c1C([CH2][Sb][I])(c1c(OC)cccc1OC)c1c(OC)cccc1OC. The predicted octanol–water partition coefficient (Wildman–Crippen LogP) is 5.55. The summed E-state index contributed by atoms with van der Waals surface area (Å²) in [5.41, 5.74) is 1.81. The third-order valence-electron chi connectivity index (χ3n) is 5.86. The van der Waals surface area contributed by atoms with Crippen LogP contribution in [-0.4, -0.2) is 60.3 Å². The molecule has 0 aromatic heterocycles. The zero-order valence-corrected chi connectivity index (χ0v) is 24.9. The zero-order chi connectivity index (χ0) is 24.7. The number of benzene rings is 3. The van der Waals surface area contributed by atoms with Gasteiger partial charge in [0.2, 0.25) is 0 Å². The second-order valence-electron chi connectivity index (χ2n) is 7.30. The van der Waals surface area contributed by atoms with E-state index in [0.717, 1.165) is 21.1 Å². The molecule has 0 fully saturated rings. The van der Waals surface area contributed by atoms with Crippen molar-refractivity contribution in [1.82, 2.24) is 0 Å². The summed E-state index contributed by atoms with van der Waals surface area (Å²) >= 11 is 1.80. The summed E-state index contributed by atoms with van der Waals surface area (Å²) in [6.07, 6.45) is 0. The Balaban J connectivity index is 2.70. The van der Waals surface area contributed by atoms with Crippen LogP contribution in [0.1, 0.15) is 16.7 Å². The molecule has 0 amide bonds. The van der Waals surface area contributed by atoms with Crippen molar-refractivity contribution in [3.05, 3.63) is 71.3 Å². The first-order valence-corrected chi connectivity index (χ1v) is 19.7. The monoisotopic (exact) mass is 685 g/mol. The average molecular weight is 686 g/mol. The van der Waals surface area contributed by atoms with Crippen LogP contribution in [0, 0.1) is 0 Å². The third kappa shape index (κ3) is 4.61. The van der Waals surface area contributed by atoms with Gasteiger partial charge < -0.3 is 0 Å². The summed E-state index contributed by atoms with van der Waals surface area (Å²) in [5, 5.41) is 0. The molecule has 181 valence electrons. The minimum absolute atomic E-state index is 0.695. The van der Waals surface area contributed by atoms with Crippen LogP contribution in [0.2, 0.25) is 4.37 Å². The molecule has 0 aliphatic carbocycles. The Morgan fingerprint density at radius 2 is 0.765 bits per heavy atom. The Morgan fingerprint density at radius 3 is 0.941 bits per heavy atom. The molecule has 6 nitrogen and oxygen atoms in total. The van der Waals surface area contributed by atoms with Gasteiger partial charge in [0.1, 0.15) is 0 Å². The molecule has 0 N–H and O–H groups in total. The first-order chi connectivity index (χ1) is 16.6. The fraction of sp³-hybridized carbons (Fsp3) is 0.308. The Bertz CT molecular complexity index is 919. The number of rotatable bonds is 11. The molecule has 0 spiro atoms. The van der Waals surface area contributed by atoms with Crippen molar-refractivity contribution in [2.24, 2.45) is 0 Å². The second kappa shape index (κ2) is 12.1. The van der Waals surface area contributed by atoms with Gasteiger partial charge in [-0.1, -0.05) is 0 Å². The fourth-order valence-electron chi connectivity index (χ4n) is 4.52. The van der Waals surface area contributed by atoms with Gasteiger partial charge in [-0.15, -0.1) is 0 Å². The van der Waals surface area contributed by atoms with Crippen molar-refractivity contribution >= 4 is 36.1 Å². The molecule has 0 aliphatic heterocycles. The van der Waals surface area contributed by atoms with Crippen LogP contribution in [0.4, 0.5) is 0 Å². The van der Waals surface area contributed by atoms with E-state index in [1.54, 1.807) is 42.7 Å². The molecule has 0 atom stereocenters. The quantitative estimate of drug-likeness (QED) is 0.150. The third-order valence-corrected chi connectivity index (χ3v) is 9.84. The molecule has 3 aromatic rings. The zero-order valence-electron chi connectivity index (χ0n) is 20.2. The summed E-state index contributed by atoms with van der Waals surface area (Å²) < 4.78 is 36.5. The molecule has 1 radical (unpaired) electrons. The van der Waals surface area contributed by atoms with E-state index in [0.29, 0.717) is 34.5 Å². The Hall–Kier alpha value is -1.99. The van der Waals surface area contributed by atoms with Crippen LogP contribution < -0.4 is 28.4 Å². The summed E-state index contributed by atoms with van der Waals surface area (Å²) in [7, 11) is 10.0. The van der Waals surface area contributed by atoms with E-state index in [2.05, 4.69) is 18.5 Å². The summed E-state index contributed by atoms with van der Waals surface area (Å²) in [6.45, 7) is 0. The van der Waals surface area contributed by atoms with Gasteiger partial charge in [0, 0.05) is 0 Å². The number of halogens is 1. The molecule has 0 saturated carbocycles. The van der Waals surface area contributed by atoms with Gasteiger partial charge in [0.15, 0.2) is 0 Å². The van der Waals surface area contributed by atoms with Crippen LogP contribution in [0.5, 0.6) is 34.5 Å². The van der Waals surface area contributed by atoms with Gasteiger partial charge in [0.05, 0.1) is 0 Å². The minimum atomic E-state index is -0.813. The molecule has 0 saturated heterocycles. The van der Waals surface area contributed by atoms with Crippen molar-refractivity contribution in [3.8, 4) is 34.5 Å². The molecule has 34 heavy (non-hydrogen) atoms. The van der Waals surface area contributed by atoms with Gasteiger partial charge in [-0.05, 0) is 0 Å². The Kier molecular flexibility index (Phi) is 9.48. The maximum absolute atomic E-state index is 5.95. The first kappa shape index (κ1) is 26.6. The maximum atomic E-state index is 5.95. The van der Waals surface area contributed by atoms with E-state index < -0.39 is 23.0 Å². The molecule has 0 unspecified atom stereocenters. The van der Waals surface area contributed by atoms with Crippen molar-refractivity contribution in [2.45, 2.75) is 9.78 Å².